The molecule has 0 heterocycles. The van der Waals surface area contributed by atoms with Gasteiger partial charge < -0.3 is 5.73 Å². The van der Waals surface area contributed by atoms with E-state index in [1.165, 1.54) is 0 Å². The van der Waals surface area contributed by atoms with Crippen molar-refractivity contribution < 1.29 is 22.4 Å². The molecule has 6 heteroatoms. The van der Waals surface area contributed by atoms with Gasteiger partial charge >= 0.3 is 6.18 Å². The van der Waals surface area contributed by atoms with E-state index < -0.39 is 34.6 Å². The standard InChI is InChI=1S/C9H7F4NO/c1-4(15)6-2-5(10)3-7(14)8(6)9(11,12)13/h2-3H,14H2,1H3. The van der Waals surface area contributed by atoms with Gasteiger partial charge in [-0.15, -0.1) is 0 Å². The minimum Gasteiger partial charge on any atom is -0.398 e. The van der Waals surface area contributed by atoms with Gasteiger partial charge in [-0.1, -0.05) is 0 Å². The van der Waals surface area contributed by atoms with Crippen LogP contribution in [0.5, 0.6) is 0 Å². The Balaban J connectivity index is 3.55. The number of halogens is 4. The predicted octanol–water partition coefficient (Wildman–Crippen LogP) is 2.63. The van der Waals surface area contributed by atoms with Gasteiger partial charge in [-0.3, -0.25) is 4.79 Å². The van der Waals surface area contributed by atoms with Crippen LogP contribution in [0.25, 0.3) is 0 Å². The molecule has 1 aromatic carbocycles. The Morgan fingerprint density at radius 1 is 1.33 bits per heavy atom. The van der Waals surface area contributed by atoms with Gasteiger partial charge in [0.25, 0.3) is 0 Å². The maximum atomic E-state index is 12.8. The minimum absolute atomic E-state index is 0.529. The number of hydrogen-bond donors (Lipinski definition) is 1. The van der Waals surface area contributed by atoms with Crippen molar-refractivity contribution >= 4 is 11.5 Å². The molecule has 0 aliphatic heterocycles. The fraction of sp³-hybridized carbons (Fsp3) is 0.222. The van der Waals surface area contributed by atoms with Crippen LogP contribution < -0.4 is 5.73 Å². The normalized spacial score (nSPS) is 11.5. The second-order valence-corrected chi connectivity index (χ2v) is 2.97. The molecular formula is C9H7F4NO. The van der Waals surface area contributed by atoms with Crippen LogP contribution in [0.1, 0.15) is 22.8 Å². The van der Waals surface area contributed by atoms with E-state index in [9.17, 15) is 22.4 Å². The first-order valence-electron chi connectivity index (χ1n) is 3.90. The van der Waals surface area contributed by atoms with E-state index in [2.05, 4.69) is 0 Å². The van der Waals surface area contributed by atoms with Crippen molar-refractivity contribution in [1.29, 1.82) is 0 Å². The number of alkyl halides is 3. The summed E-state index contributed by atoms with van der Waals surface area (Å²) in [4.78, 5) is 10.9. The van der Waals surface area contributed by atoms with Crippen molar-refractivity contribution in [3.8, 4) is 0 Å². The average Bonchev–Trinajstić information content (AvgIpc) is 1.99. The Hall–Kier alpha value is -1.59. The molecule has 0 atom stereocenters. The summed E-state index contributed by atoms with van der Waals surface area (Å²) >= 11 is 0. The maximum absolute atomic E-state index is 12.8. The van der Waals surface area contributed by atoms with E-state index in [1.807, 2.05) is 0 Å². The number of benzene rings is 1. The van der Waals surface area contributed by atoms with Crippen LogP contribution in [0.3, 0.4) is 0 Å². The van der Waals surface area contributed by atoms with E-state index in [0.717, 1.165) is 6.92 Å². The number of hydrogen-bond acceptors (Lipinski definition) is 2. The summed E-state index contributed by atoms with van der Waals surface area (Å²) in [5.41, 5.74) is 2.22. The van der Waals surface area contributed by atoms with Crippen molar-refractivity contribution in [2.75, 3.05) is 5.73 Å². The van der Waals surface area contributed by atoms with Crippen molar-refractivity contribution in [2.24, 2.45) is 0 Å². The van der Waals surface area contributed by atoms with Gasteiger partial charge in [0.15, 0.2) is 5.78 Å². The number of nitrogen functional groups attached to an aromatic ring is 1. The molecule has 0 unspecified atom stereocenters. The molecule has 0 bridgehead atoms. The molecule has 0 fully saturated rings. The molecule has 1 aromatic rings. The molecule has 0 aliphatic rings. The highest BCUT2D eigenvalue weighted by Crippen LogP contribution is 2.36. The molecule has 1 rings (SSSR count). The number of carbonyl (C=O) groups is 1. The summed E-state index contributed by atoms with van der Waals surface area (Å²) in [5, 5.41) is 0. The number of carbonyl (C=O) groups excluding carboxylic acids is 1. The third-order valence-electron chi connectivity index (χ3n) is 1.80. The highest BCUT2D eigenvalue weighted by molar-refractivity contribution is 5.97. The van der Waals surface area contributed by atoms with Crippen LogP contribution in [0, 0.1) is 5.82 Å². The second kappa shape index (κ2) is 3.52. The zero-order valence-corrected chi connectivity index (χ0v) is 7.65. The lowest BCUT2D eigenvalue weighted by atomic mass is 10.0. The van der Waals surface area contributed by atoms with Crippen LogP contribution >= 0.6 is 0 Å². The van der Waals surface area contributed by atoms with Crippen LogP contribution in [0.15, 0.2) is 12.1 Å². The highest BCUT2D eigenvalue weighted by atomic mass is 19.4. The van der Waals surface area contributed by atoms with Crippen molar-refractivity contribution in [3.63, 3.8) is 0 Å². The van der Waals surface area contributed by atoms with E-state index in [1.54, 1.807) is 0 Å². The Morgan fingerprint density at radius 3 is 2.27 bits per heavy atom. The minimum atomic E-state index is -4.77. The van der Waals surface area contributed by atoms with Crippen molar-refractivity contribution in [1.82, 2.24) is 0 Å². The number of nitrogens with two attached hydrogens (primary N) is 1. The van der Waals surface area contributed by atoms with Gasteiger partial charge in [-0.05, 0) is 19.1 Å². The third kappa shape index (κ3) is 2.26. The Kier molecular flexibility index (Phi) is 2.70. The fourth-order valence-corrected chi connectivity index (χ4v) is 1.22. The van der Waals surface area contributed by atoms with Gasteiger partial charge in [0, 0.05) is 11.3 Å². The van der Waals surface area contributed by atoms with Gasteiger partial charge in [0.1, 0.15) is 5.82 Å². The lowest BCUT2D eigenvalue weighted by Gasteiger charge is -2.13. The quantitative estimate of drug-likeness (QED) is 0.450. The Labute approximate surface area is 82.7 Å². The molecule has 0 saturated carbocycles. The number of anilines is 1. The molecule has 2 nitrogen and oxygen atoms in total. The lowest BCUT2D eigenvalue weighted by Crippen LogP contribution is -2.15. The zero-order chi connectivity index (χ0) is 11.8. The molecule has 2 N–H and O–H groups in total. The maximum Gasteiger partial charge on any atom is 0.419 e. The molecule has 82 valence electrons. The topological polar surface area (TPSA) is 43.1 Å². The number of ketones is 1. The summed E-state index contributed by atoms with van der Waals surface area (Å²) in [5.74, 6) is -1.85. The Bertz CT molecular complexity index is 411. The third-order valence-corrected chi connectivity index (χ3v) is 1.80. The summed E-state index contributed by atoms with van der Waals surface area (Å²) in [6.45, 7) is 0.920. The summed E-state index contributed by atoms with van der Waals surface area (Å²) in [6, 6.07) is 1.07. The molecule has 0 amide bonds. The van der Waals surface area contributed by atoms with Crippen LogP contribution in [0.2, 0.25) is 0 Å². The van der Waals surface area contributed by atoms with Crippen LogP contribution in [-0.2, 0) is 6.18 Å². The molecule has 0 saturated heterocycles. The molecule has 15 heavy (non-hydrogen) atoms. The van der Waals surface area contributed by atoms with E-state index in [4.69, 9.17) is 5.73 Å². The highest BCUT2D eigenvalue weighted by Gasteiger charge is 2.37. The Morgan fingerprint density at radius 2 is 1.87 bits per heavy atom. The van der Waals surface area contributed by atoms with E-state index >= 15 is 0 Å². The molecule has 0 radical (unpaired) electrons. The molecule has 0 spiro atoms. The van der Waals surface area contributed by atoms with Gasteiger partial charge in [-0.2, -0.15) is 13.2 Å². The van der Waals surface area contributed by atoms with E-state index in [0.29, 0.717) is 12.1 Å². The van der Waals surface area contributed by atoms with Crippen LogP contribution in [-0.4, -0.2) is 5.78 Å². The van der Waals surface area contributed by atoms with Gasteiger partial charge in [0.2, 0.25) is 0 Å². The monoisotopic (exact) mass is 221 g/mol. The van der Waals surface area contributed by atoms with Gasteiger partial charge in [-0.25, -0.2) is 4.39 Å². The van der Waals surface area contributed by atoms with Crippen molar-refractivity contribution in [3.05, 3.63) is 29.1 Å². The first-order valence-corrected chi connectivity index (χ1v) is 3.90. The average molecular weight is 221 g/mol. The van der Waals surface area contributed by atoms with Crippen molar-refractivity contribution in [2.45, 2.75) is 13.1 Å². The van der Waals surface area contributed by atoms with E-state index in [-0.39, 0.29) is 0 Å². The zero-order valence-electron chi connectivity index (χ0n) is 7.65. The summed E-state index contributed by atoms with van der Waals surface area (Å²) < 4.78 is 50.1. The summed E-state index contributed by atoms with van der Waals surface area (Å²) in [7, 11) is 0. The SMILES string of the molecule is CC(=O)c1cc(F)cc(N)c1C(F)(F)F. The van der Waals surface area contributed by atoms with Gasteiger partial charge in [0.05, 0.1) is 5.56 Å². The summed E-state index contributed by atoms with van der Waals surface area (Å²) in [6.07, 6.45) is -4.77. The largest absolute Gasteiger partial charge is 0.419 e. The van der Waals surface area contributed by atoms with Crippen LogP contribution in [0.4, 0.5) is 23.2 Å². The smallest absolute Gasteiger partial charge is 0.398 e. The first-order chi connectivity index (χ1) is 6.73. The molecular weight excluding hydrogens is 214 g/mol. The number of Topliss-reactive ketones (excluding diaryl/α,β-unsaturated/α-hetero) is 1. The second-order valence-electron chi connectivity index (χ2n) is 2.97. The number of rotatable bonds is 1. The molecule has 0 aliphatic carbocycles. The molecule has 0 aromatic heterocycles. The lowest BCUT2D eigenvalue weighted by molar-refractivity contribution is -0.137. The first kappa shape index (κ1) is 11.5. The predicted molar refractivity (Wildman–Crippen MR) is 45.8 cm³/mol. The fourth-order valence-electron chi connectivity index (χ4n) is 1.22.